The number of carbonyl (C=O) groups is 1. The minimum absolute atomic E-state index is 0.103. The lowest BCUT2D eigenvalue weighted by molar-refractivity contribution is -0.142. The molecule has 0 spiro atoms. The fraction of sp³-hybridized carbons (Fsp3) is 0.571. The number of ether oxygens (including phenoxy) is 1. The Balaban J connectivity index is 1.33. The van der Waals surface area contributed by atoms with Crippen molar-refractivity contribution in [3.05, 3.63) is 18.2 Å². The van der Waals surface area contributed by atoms with Crippen molar-refractivity contribution in [1.29, 1.82) is 0 Å². The average molecular weight is 425 g/mol. The summed E-state index contributed by atoms with van der Waals surface area (Å²) in [5, 5.41) is 7.91. The molecule has 2 fully saturated rings. The molecule has 1 N–H and O–H groups in total. The summed E-state index contributed by atoms with van der Waals surface area (Å²) >= 11 is 0. The number of rotatable bonds is 5. The molecule has 0 atom stereocenters. The first-order valence-electron chi connectivity index (χ1n) is 10.9. The molecule has 1 amide bonds. The lowest BCUT2D eigenvalue weighted by atomic mass is 9.96. The maximum atomic E-state index is 12.6. The highest BCUT2D eigenvalue weighted by atomic mass is 16.5. The molecule has 10 nitrogen and oxygen atoms in total. The van der Waals surface area contributed by atoms with Gasteiger partial charge in [0.15, 0.2) is 17.0 Å². The number of anilines is 1. The lowest BCUT2D eigenvalue weighted by Crippen LogP contribution is -2.58. The largest absolute Gasteiger partial charge is 0.381 e. The van der Waals surface area contributed by atoms with E-state index in [4.69, 9.17) is 9.72 Å². The van der Waals surface area contributed by atoms with Crippen LogP contribution in [-0.4, -0.2) is 72.5 Å². The summed E-state index contributed by atoms with van der Waals surface area (Å²) in [6.07, 6.45) is 5.06. The van der Waals surface area contributed by atoms with Crippen LogP contribution in [0.1, 0.15) is 25.5 Å². The number of nitrogens with one attached hydrogen (secondary N) is 1. The Kier molecular flexibility index (Phi) is 5.09. The van der Waals surface area contributed by atoms with Crippen molar-refractivity contribution in [1.82, 2.24) is 34.2 Å². The Labute approximate surface area is 180 Å². The molecular weight excluding hydrogens is 396 g/mol. The Hall–Kier alpha value is -3.01. The van der Waals surface area contributed by atoms with E-state index in [2.05, 4.69) is 34.2 Å². The first kappa shape index (κ1) is 19.9. The maximum absolute atomic E-state index is 12.6. The molecule has 0 bridgehead atoms. The summed E-state index contributed by atoms with van der Waals surface area (Å²) in [6, 6.07) is 0.164. The van der Waals surface area contributed by atoms with Crippen LogP contribution in [0.2, 0.25) is 0 Å². The predicted molar refractivity (Wildman–Crippen MR) is 115 cm³/mol. The summed E-state index contributed by atoms with van der Waals surface area (Å²) in [4.78, 5) is 28.3. The maximum Gasteiger partial charge on any atom is 0.226 e. The summed E-state index contributed by atoms with van der Waals surface area (Å²) in [5.41, 5.74) is 3.57. The Morgan fingerprint density at radius 2 is 2.03 bits per heavy atom. The molecular formula is C21H28N8O2. The molecule has 3 aromatic heterocycles. The molecule has 2 saturated heterocycles. The summed E-state index contributed by atoms with van der Waals surface area (Å²) in [5.74, 6) is 1.88. The fourth-order valence-corrected chi connectivity index (χ4v) is 4.48. The second-order valence-corrected chi connectivity index (χ2v) is 8.32. The Bertz CT molecular complexity index is 1110. The number of imidazole rings is 1. The molecule has 0 aliphatic carbocycles. The minimum atomic E-state index is 0.103. The van der Waals surface area contributed by atoms with E-state index in [-0.39, 0.29) is 17.9 Å². The van der Waals surface area contributed by atoms with Crippen molar-refractivity contribution in [2.24, 2.45) is 13.0 Å². The normalized spacial score (nSPS) is 17.8. The first-order chi connectivity index (χ1) is 15.1. The molecule has 5 heterocycles. The number of amides is 1. The molecule has 0 unspecified atom stereocenters. The van der Waals surface area contributed by atoms with Crippen LogP contribution < -0.4 is 5.32 Å². The summed E-state index contributed by atoms with van der Waals surface area (Å²) in [7, 11) is 1.96. The molecule has 5 rings (SSSR count). The van der Waals surface area contributed by atoms with Gasteiger partial charge in [0, 0.05) is 51.5 Å². The number of aromatic nitrogens is 6. The fourth-order valence-electron chi connectivity index (χ4n) is 4.48. The standard InChI is InChI=1S/C21H28N8O2/c1-4-29-13(2)16(9-24-29)19-26-17-18(22-12-23-20(17)27(19)3)25-15-10-28(11-15)21(30)14-5-7-31-8-6-14/h9,12,14-15H,4-8,10-11H2,1-3H3,(H,22,23,25). The van der Waals surface area contributed by atoms with Gasteiger partial charge in [-0.15, -0.1) is 0 Å². The average Bonchev–Trinajstić information content (AvgIpc) is 3.30. The van der Waals surface area contributed by atoms with Crippen LogP contribution in [0.4, 0.5) is 5.82 Å². The van der Waals surface area contributed by atoms with Gasteiger partial charge in [0.2, 0.25) is 5.91 Å². The number of carbonyl (C=O) groups excluding carboxylic acids is 1. The van der Waals surface area contributed by atoms with E-state index >= 15 is 0 Å². The SMILES string of the molecule is CCn1ncc(-c2nc3c(NC4CN(C(=O)C5CCOCC5)C4)ncnc3n2C)c1C. The molecule has 0 radical (unpaired) electrons. The van der Waals surface area contributed by atoms with Crippen molar-refractivity contribution in [3.63, 3.8) is 0 Å². The smallest absolute Gasteiger partial charge is 0.226 e. The van der Waals surface area contributed by atoms with Crippen molar-refractivity contribution in [3.8, 4) is 11.4 Å². The minimum Gasteiger partial charge on any atom is -0.381 e. The molecule has 10 heteroatoms. The van der Waals surface area contributed by atoms with E-state index in [1.165, 1.54) is 0 Å². The third-order valence-corrected chi connectivity index (χ3v) is 6.40. The van der Waals surface area contributed by atoms with E-state index in [0.29, 0.717) is 32.1 Å². The molecule has 31 heavy (non-hydrogen) atoms. The van der Waals surface area contributed by atoms with Crippen LogP contribution in [-0.2, 0) is 23.1 Å². The van der Waals surface area contributed by atoms with Gasteiger partial charge >= 0.3 is 0 Å². The second-order valence-electron chi connectivity index (χ2n) is 8.32. The first-order valence-corrected chi connectivity index (χ1v) is 10.9. The van der Waals surface area contributed by atoms with Crippen LogP contribution in [0, 0.1) is 12.8 Å². The van der Waals surface area contributed by atoms with Crippen molar-refractivity contribution >= 4 is 22.9 Å². The topological polar surface area (TPSA) is 103 Å². The highest BCUT2D eigenvalue weighted by molar-refractivity contribution is 5.87. The third kappa shape index (κ3) is 3.44. The van der Waals surface area contributed by atoms with Crippen LogP contribution in [0.3, 0.4) is 0 Å². The van der Waals surface area contributed by atoms with E-state index in [1.54, 1.807) is 6.33 Å². The zero-order chi connectivity index (χ0) is 21.5. The summed E-state index contributed by atoms with van der Waals surface area (Å²) < 4.78 is 9.31. The molecule has 3 aromatic rings. The van der Waals surface area contributed by atoms with Crippen LogP contribution in [0.5, 0.6) is 0 Å². The number of likely N-dealkylation sites (tertiary alicyclic amines) is 1. The van der Waals surface area contributed by atoms with E-state index < -0.39 is 0 Å². The highest BCUT2D eigenvalue weighted by Gasteiger charge is 2.35. The van der Waals surface area contributed by atoms with Crippen molar-refractivity contribution < 1.29 is 9.53 Å². The number of nitrogens with zero attached hydrogens (tertiary/aromatic N) is 7. The Morgan fingerprint density at radius 3 is 2.74 bits per heavy atom. The van der Waals surface area contributed by atoms with Gasteiger partial charge in [-0.25, -0.2) is 15.0 Å². The number of aryl methyl sites for hydroxylation is 2. The number of hydrogen-bond donors (Lipinski definition) is 1. The van der Waals surface area contributed by atoms with Gasteiger partial charge in [-0.1, -0.05) is 0 Å². The zero-order valence-corrected chi connectivity index (χ0v) is 18.2. The monoisotopic (exact) mass is 424 g/mol. The van der Waals surface area contributed by atoms with Gasteiger partial charge in [-0.05, 0) is 26.7 Å². The van der Waals surface area contributed by atoms with E-state index in [9.17, 15) is 4.79 Å². The van der Waals surface area contributed by atoms with E-state index in [0.717, 1.165) is 47.6 Å². The molecule has 2 aliphatic heterocycles. The van der Waals surface area contributed by atoms with Gasteiger partial charge in [0.25, 0.3) is 0 Å². The second kappa shape index (κ2) is 7.92. The van der Waals surface area contributed by atoms with Crippen LogP contribution >= 0.6 is 0 Å². The van der Waals surface area contributed by atoms with E-state index in [1.807, 2.05) is 27.4 Å². The molecule has 164 valence electrons. The molecule has 0 saturated carbocycles. The predicted octanol–water partition coefficient (Wildman–Crippen LogP) is 1.60. The molecule has 0 aromatic carbocycles. The molecule has 2 aliphatic rings. The lowest BCUT2D eigenvalue weighted by Gasteiger charge is -2.42. The van der Waals surface area contributed by atoms with Gasteiger partial charge in [0.1, 0.15) is 12.2 Å². The van der Waals surface area contributed by atoms with Crippen molar-refractivity contribution in [2.75, 3.05) is 31.6 Å². The Morgan fingerprint density at radius 1 is 1.26 bits per heavy atom. The van der Waals surface area contributed by atoms with Crippen LogP contribution in [0.25, 0.3) is 22.6 Å². The third-order valence-electron chi connectivity index (χ3n) is 6.40. The van der Waals surface area contributed by atoms with Crippen LogP contribution in [0.15, 0.2) is 12.5 Å². The summed E-state index contributed by atoms with van der Waals surface area (Å²) in [6.45, 7) is 7.67. The van der Waals surface area contributed by atoms with Gasteiger partial charge in [-0.2, -0.15) is 5.10 Å². The van der Waals surface area contributed by atoms with Crippen molar-refractivity contribution in [2.45, 2.75) is 39.3 Å². The van der Waals surface area contributed by atoms with Gasteiger partial charge < -0.3 is 19.5 Å². The number of hydrogen-bond acceptors (Lipinski definition) is 7. The van der Waals surface area contributed by atoms with Gasteiger partial charge in [0.05, 0.1) is 17.8 Å². The highest BCUT2D eigenvalue weighted by Crippen LogP contribution is 2.29. The zero-order valence-electron chi connectivity index (χ0n) is 18.2. The van der Waals surface area contributed by atoms with Gasteiger partial charge in [-0.3, -0.25) is 9.48 Å². The number of fused-ring (bicyclic) bond motifs is 1. The quantitative estimate of drug-likeness (QED) is 0.664.